The van der Waals surface area contributed by atoms with Crippen LogP contribution >= 0.6 is 0 Å². The van der Waals surface area contributed by atoms with Gasteiger partial charge in [-0.15, -0.1) is 0 Å². The Morgan fingerprint density at radius 3 is 1.57 bits per heavy atom. The summed E-state index contributed by atoms with van der Waals surface area (Å²) in [4.78, 5) is 11.6. The number of hydrogen-bond acceptors (Lipinski definition) is 2. The van der Waals surface area contributed by atoms with E-state index in [0.29, 0.717) is 5.70 Å². The molecule has 0 aromatic rings. The minimum absolute atomic E-state index is 0.133. The van der Waals surface area contributed by atoms with Gasteiger partial charge in [0.2, 0.25) is 0 Å². The molecule has 0 heterocycles. The summed E-state index contributed by atoms with van der Waals surface area (Å²) in [6.07, 6.45) is 0. The Balaban J connectivity index is 4.22. The van der Waals surface area contributed by atoms with E-state index in [9.17, 15) is 4.79 Å². The quantitative estimate of drug-likeness (QED) is 0.664. The predicted octanol–water partition coefficient (Wildman–Crippen LogP) is 1.80. The van der Waals surface area contributed by atoms with Crippen molar-refractivity contribution in [1.82, 2.24) is 10.6 Å². The Hall–Kier alpha value is -0.990. The molecule has 82 valence electrons. The number of amides is 1. The molecule has 0 saturated carbocycles. The standard InChI is InChI=1S/C11H22N2O/c1-8(12-10(2,3)4)9(14)13-11(5,6)7/h12H,1H2,2-7H3,(H,13,14). The van der Waals surface area contributed by atoms with Crippen molar-refractivity contribution in [3.05, 3.63) is 12.3 Å². The van der Waals surface area contributed by atoms with Gasteiger partial charge < -0.3 is 10.6 Å². The second kappa shape index (κ2) is 4.03. The second-order valence-electron chi connectivity index (χ2n) is 5.56. The Labute approximate surface area is 87.0 Å². The molecule has 0 saturated heterocycles. The SMILES string of the molecule is C=C(NC(C)(C)C)C(=O)NC(C)(C)C. The number of carbonyl (C=O) groups excluding carboxylic acids is 1. The molecule has 1 amide bonds. The summed E-state index contributed by atoms with van der Waals surface area (Å²) < 4.78 is 0. The fourth-order valence-corrected chi connectivity index (χ4v) is 0.925. The smallest absolute Gasteiger partial charge is 0.267 e. The lowest BCUT2D eigenvalue weighted by Gasteiger charge is -2.26. The lowest BCUT2D eigenvalue weighted by molar-refractivity contribution is -0.119. The highest BCUT2D eigenvalue weighted by Crippen LogP contribution is 2.04. The van der Waals surface area contributed by atoms with Gasteiger partial charge in [-0.3, -0.25) is 4.79 Å². The maximum Gasteiger partial charge on any atom is 0.267 e. The molecule has 0 aliphatic rings. The minimum Gasteiger partial charge on any atom is -0.376 e. The molecule has 0 bridgehead atoms. The molecule has 3 nitrogen and oxygen atoms in total. The first-order chi connectivity index (χ1) is 6.01. The molecule has 14 heavy (non-hydrogen) atoms. The topological polar surface area (TPSA) is 41.1 Å². The second-order valence-corrected chi connectivity index (χ2v) is 5.56. The number of hydrogen-bond donors (Lipinski definition) is 2. The molecule has 0 rings (SSSR count). The molecule has 0 fully saturated rings. The first-order valence-electron chi connectivity index (χ1n) is 4.81. The maximum absolute atomic E-state index is 11.6. The number of rotatable bonds is 2. The Bertz CT molecular complexity index is 205. The van der Waals surface area contributed by atoms with Crippen LogP contribution in [0.3, 0.4) is 0 Å². The van der Waals surface area contributed by atoms with Gasteiger partial charge in [-0.2, -0.15) is 0 Å². The first kappa shape index (κ1) is 13.0. The third-order valence-corrected chi connectivity index (χ3v) is 1.29. The van der Waals surface area contributed by atoms with E-state index in [4.69, 9.17) is 0 Å². The van der Waals surface area contributed by atoms with Gasteiger partial charge in [0.25, 0.3) is 5.91 Å². The Morgan fingerprint density at radius 1 is 0.929 bits per heavy atom. The van der Waals surface area contributed by atoms with Crippen LogP contribution in [0.4, 0.5) is 0 Å². The molecule has 3 heteroatoms. The number of nitrogens with one attached hydrogen (secondary N) is 2. The van der Waals surface area contributed by atoms with E-state index >= 15 is 0 Å². The van der Waals surface area contributed by atoms with Crippen molar-refractivity contribution in [2.75, 3.05) is 0 Å². The van der Waals surface area contributed by atoms with Crippen LogP contribution in [0.5, 0.6) is 0 Å². The molecule has 0 atom stereocenters. The van der Waals surface area contributed by atoms with Crippen LogP contribution in [0.25, 0.3) is 0 Å². The van der Waals surface area contributed by atoms with Crippen LogP contribution in [0.2, 0.25) is 0 Å². The average Bonchev–Trinajstić information content (AvgIpc) is 1.78. The predicted molar refractivity (Wildman–Crippen MR) is 59.9 cm³/mol. The van der Waals surface area contributed by atoms with Gasteiger partial charge in [0.1, 0.15) is 0 Å². The molecule has 0 aromatic heterocycles. The van der Waals surface area contributed by atoms with Gasteiger partial charge in [0, 0.05) is 11.1 Å². The van der Waals surface area contributed by atoms with Crippen molar-refractivity contribution in [2.24, 2.45) is 0 Å². The summed E-state index contributed by atoms with van der Waals surface area (Å²) in [7, 11) is 0. The van der Waals surface area contributed by atoms with Crippen molar-refractivity contribution in [2.45, 2.75) is 52.6 Å². The zero-order chi connectivity index (χ0) is 11.6. The monoisotopic (exact) mass is 198 g/mol. The van der Waals surface area contributed by atoms with E-state index in [2.05, 4.69) is 17.2 Å². The highest BCUT2D eigenvalue weighted by molar-refractivity contribution is 5.92. The lowest BCUT2D eigenvalue weighted by Crippen LogP contribution is -2.46. The van der Waals surface area contributed by atoms with Crippen molar-refractivity contribution in [3.8, 4) is 0 Å². The van der Waals surface area contributed by atoms with Crippen molar-refractivity contribution in [1.29, 1.82) is 0 Å². The lowest BCUT2D eigenvalue weighted by atomic mass is 10.1. The molecule has 0 unspecified atom stereocenters. The average molecular weight is 198 g/mol. The van der Waals surface area contributed by atoms with E-state index in [-0.39, 0.29) is 17.0 Å². The minimum atomic E-state index is -0.223. The van der Waals surface area contributed by atoms with Crippen molar-refractivity contribution in [3.63, 3.8) is 0 Å². The molecular formula is C11H22N2O. The van der Waals surface area contributed by atoms with E-state index in [0.717, 1.165) is 0 Å². The highest BCUT2D eigenvalue weighted by atomic mass is 16.2. The fourth-order valence-electron chi connectivity index (χ4n) is 0.925. The third kappa shape index (κ3) is 6.52. The molecular weight excluding hydrogens is 176 g/mol. The molecule has 0 aromatic carbocycles. The van der Waals surface area contributed by atoms with Gasteiger partial charge in [-0.05, 0) is 41.5 Å². The zero-order valence-electron chi connectivity index (χ0n) is 10.1. The van der Waals surface area contributed by atoms with Crippen LogP contribution < -0.4 is 10.6 Å². The van der Waals surface area contributed by atoms with Crippen molar-refractivity contribution >= 4 is 5.91 Å². The van der Waals surface area contributed by atoms with Crippen LogP contribution in [0.15, 0.2) is 12.3 Å². The van der Waals surface area contributed by atoms with Gasteiger partial charge in [-0.1, -0.05) is 6.58 Å². The molecule has 2 N–H and O–H groups in total. The van der Waals surface area contributed by atoms with Crippen LogP contribution in [-0.4, -0.2) is 17.0 Å². The Morgan fingerprint density at radius 2 is 1.29 bits per heavy atom. The van der Waals surface area contributed by atoms with E-state index in [1.54, 1.807) is 0 Å². The molecule has 0 radical (unpaired) electrons. The summed E-state index contributed by atoms with van der Waals surface area (Å²) >= 11 is 0. The summed E-state index contributed by atoms with van der Waals surface area (Å²) in [5.74, 6) is -0.146. The van der Waals surface area contributed by atoms with Crippen LogP contribution in [-0.2, 0) is 4.79 Å². The Kier molecular flexibility index (Phi) is 3.74. The zero-order valence-corrected chi connectivity index (χ0v) is 10.1. The summed E-state index contributed by atoms with van der Waals surface area (Å²) in [5.41, 5.74) is 0.0544. The normalized spacial score (nSPS) is 12.1. The highest BCUT2D eigenvalue weighted by Gasteiger charge is 2.19. The van der Waals surface area contributed by atoms with Gasteiger partial charge in [0.05, 0.1) is 5.70 Å². The van der Waals surface area contributed by atoms with Crippen molar-refractivity contribution < 1.29 is 4.79 Å². The van der Waals surface area contributed by atoms with Crippen LogP contribution in [0.1, 0.15) is 41.5 Å². The van der Waals surface area contributed by atoms with Gasteiger partial charge in [0.15, 0.2) is 0 Å². The number of carbonyl (C=O) groups is 1. The van der Waals surface area contributed by atoms with E-state index in [1.807, 2.05) is 41.5 Å². The first-order valence-corrected chi connectivity index (χ1v) is 4.81. The maximum atomic E-state index is 11.6. The summed E-state index contributed by atoms with van der Waals surface area (Å²) in [6, 6.07) is 0. The molecule has 0 spiro atoms. The van der Waals surface area contributed by atoms with Gasteiger partial charge in [-0.25, -0.2) is 0 Å². The van der Waals surface area contributed by atoms with Crippen LogP contribution in [0, 0.1) is 0 Å². The molecule has 0 aliphatic heterocycles. The third-order valence-electron chi connectivity index (χ3n) is 1.29. The summed E-state index contributed by atoms with van der Waals surface area (Å²) in [5, 5.41) is 5.88. The molecule has 0 aliphatic carbocycles. The fraction of sp³-hybridized carbons (Fsp3) is 0.727. The van der Waals surface area contributed by atoms with E-state index < -0.39 is 0 Å². The largest absolute Gasteiger partial charge is 0.376 e. The van der Waals surface area contributed by atoms with E-state index in [1.165, 1.54) is 0 Å². The van der Waals surface area contributed by atoms with Gasteiger partial charge >= 0.3 is 0 Å². The summed E-state index contributed by atoms with van der Waals surface area (Å²) in [6.45, 7) is 15.5.